The molecule has 0 unspecified atom stereocenters. The number of hydrogen-bond donors (Lipinski definition) is 0. The van der Waals surface area contributed by atoms with Gasteiger partial charge in [0.15, 0.2) is 0 Å². The SMILES string of the molecule is N#Cc1ccc(C2=c3cc4c(cc3-c3ccccc32)=C(c2ccc(C#N)cc2)c2ccccc2-4)cc1. The summed E-state index contributed by atoms with van der Waals surface area (Å²) in [5, 5.41) is 21.0. The van der Waals surface area contributed by atoms with Crippen LogP contribution >= 0.6 is 0 Å². The lowest BCUT2D eigenvalue weighted by Crippen LogP contribution is -2.15. The Morgan fingerprint density at radius 2 is 0.750 bits per heavy atom. The molecule has 0 heterocycles. The highest BCUT2D eigenvalue weighted by Gasteiger charge is 2.26. The van der Waals surface area contributed by atoms with Gasteiger partial charge in [-0.05, 0) is 102 Å². The van der Waals surface area contributed by atoms with Gasteiger partial charge in [0, 0.05) is 0 Å². The molecular weight excluding hydrogens is 436 g/mol. The van der Waals surface area contributed by atoms with E-state index in [0.29, 0.717) is 11.1 Å². The second-order valence-electron chi connectivity index (χ2n) is 9.16. The van der Waals surface area contributed by atoms with Crippen LogP contribution in [0, 0.1) is 22.7 Å². The summed E-state index contributed by atoms with van der Waals surface area (Å²) in [6, 6.07) is 42.0. The van der Waals surface area contributed by atoms with E-state index in [9.17, 15) is 10.5 Å². The minimum atomic E-state index is 0.662. The van der Waals surface area contributed by atoms with Crippen molar-refractivity contribution >= 4 is 11.1 Å². The first-order valence-corrected chi connectivity index (χ1v) is 11.9. The lowest BCUT2D eigenvalue weighted by molar-refractivity contribution is 1.47. The van der Waals surface area contributed by atoms with Crippen molar-refractivity contribution in [1.82, 2.24) is 0 Å². The molecule has 0 atom stereocenters. The largest absolute Gasteiger partial charge is 0.192 e. The van der Waals surface area contributed by atoms with E-state index in [1.165, 1.54) is 55.0 Å². The first kappa shape index (κ1) is 20.2. The third-order valence-electron chi connectivity index (χ3n) is 7.27. The zero-order valence-electron chi connectivity index (χ0n) is 19.3. The van der Waals surface area contributed by atoms with Gasteiger partial charge in [0.1, 0.15) is 0 Å². The molecular formula is C34H18N2. The summed E-state index contributed by atoms with van der Waals surface area (Å²) in [5.41, 5.74) is 13.3. The molecule has 0 aliphatic heterocycles. The van der Waals surface area contributed by atoms with E-state index in [0.717, 1.165) is 11.1 Å². The summed E-state index contributed by atoms with van der Waals surface area (Å²) in [5.74, 6) is 0. The van der Waals surface area contributed by atoms with Gasteiger partial charge in [-0.1, -0.05) is 72.8 Å². The Labute approximate surface area is 209 Å². The van der Waals surface area contributed by atoms with Crippen molar-refractivity contribution in [3.05, 3.63) is 153 Å². The van der Waals surface area contributed by atoms with Crippen molar-refractivity contribution in [2.24, 2.45) is 0 Å². The minimum absolute atomic E-state index is 0.662. The molecule has 0 bridgehead atoms. The van der Waals surface area contributed by atoms with Crippen LogP contribution in [0.2, 0.25) is 0 Å². The predicted molar refractivity (Wildman–Crippen MR) is 142 cm³/mol. The van der Waals surface area contributed by atoms with Crippen LogP contribution < -0.4 is 10.4 Å². The Hall–Kier alpha value is -5.18. The van der Waals surface area contributed by atoms with Gasteiger partial charge < -0.3 is 0 Å². The van der Waals surface area contributed by atoms with Crippen LogP contribution in [0.1, 0.15) is 33.4 Å². The van der Waals surface area contributed by atoms with Gasteiger partial charge >= 0.3 is 0 Å². The Bertz CT molecular complexity index is 1780. The Morgan fingerprint density at radius 3 is 1.11 bits per heavy atom. The molecule has 0 saturated heterocycles. The zero-order valence-corrected chi connectivity index (χ0v) is 19.3. The van der Waals surface area contributed by atoms with Gasteiger partial charge in [-0.3, -0.25) is 0 Å². The van der Waals surface area contributed by atoms with Crippen LogP contribution in [0.15, 0.2) is 109 Å². The predicted octanol–water partition coefficient (Wildman–Crippen LogP) is 5.89. The van der Waals surface area contributed by atoms with Gasteiger partial charge in [-0.2, -0.15) is 10.5 Å². The molecule has 2 nitrogen and oxygen atoms in total. The fourth-order valence-corrected chi connectivity index (χ4v) is 5.67. The van der Waals surface area contributed by atoms with E-state index in [2.05, 4.69) is 97.1 Å². The molecule has 5 aromatic carbocycles. The molecule has 2 aliphatic carbocycles. The Kier molecular flexibility index (Phi) is 4.31. The third-order valence-corrected chi connectivity index (χ3v) is 7.27. The fraction of sp³-hybridized carbons (Fsp3) is 0. The Morgan fingerprint density at radius 1 is 0.389 bits per heavy atom. The number of nitriles is 2. The highest BCUT2D eigenvalue weighted by Crippen LogP contribution is 2.39. The van der Waals surface area contributed by atoms with E-state index in [-0.39, 0.29) is 0 Å². The maximum absolute atomic E-state index is 9.28. The Balaban J connectivity index is 1.59. The minimum Gasteiger partial charge on any atom is -0.192 e. The average Bonchev–Trinajstić information content (AvgIpc) is 3.44. The maximum Gasteiger partial charge on any atom is 0.0991 e. The summed E-state index contributed by atoms with van der Waals surface area (Å²) in [6.45, 7) is 0. The number of hydrogen-bond acceptors (Lipinski definition) is 2. The molecule has 0 saturated carbocycles. The molecule has 0 aromatic heterocycles. The number of rotatable bonds is 2. The van der Waals surface area contributed by atoms with Crippen LogP contribution in [0.25, 0.3) is 33.4 Å². The zero-order chi connectivity index (χ0) is 24.2. The average molecular weight is 455 g/mol. The van der Waals surface area contributed by atoms with Crippen LogP contribution in [-0.4, -0.2) is 0 Å². The van der Waals surface area contributed by atoms with E-state index >= 15 is 0 Å². The molecule has 0 radical (unpaired) electrons. The lowest BCUT2D eigenvalue weighted by atomic mass is 9.96. The first-order chi connectivity index (χ1) is 17.8. The van der Waals surface area contributed by atoms with Gasteiger partial charge in [-0.15, -0.1) is 0 Å². The second kappa shape index (κ2) is 7.67. The number of nitrogens with zero attached hydrogens (tertiary/aromatic N) is 2. The van der Waals surface area contributed by atoms with Gasteiger partial charge in [0.05, 0.1) is 23.3 Å². The van der Waals surface area contributed by atoms with Crippen molar-refractivity contribution in [2.45, 2.75) is 0 Å². The molecule has 164 valence electrons. The van der Waals surface area contributed by atoms with Crippen molar-refractivity contribution < 1.29 is 0 Å². The van der Waals surface area contributed by atoms with Crippen molar-refractivity contribution in [3.63, 3.8) is 0 Å². The van der Waals surface area contributed by atoms with Crippen LogP contribution in [0.5, 0.6) is 0 Å². The van der Waals surface area contributed by atoms with E-state index in [4.69, 9.17) is 0 Å². The molecule has 5 aromatic rings. The molecule has 2 aliphatic rings. The molecule has 2 heteroatoms. The summed E-state index contributed by atoms with van der Waals surface area (Å²) in [6.07, 6.45) is 0. The summed E-state index contributed by atoms with van der Waals surface area (Å²) in [7, 11) is 0. The summed E-state index contributed by atoms with van der Waals surface area (Å²) in [4.78, 5) is 0. The fourth-order valence-electron chi connectivity index (χ4n) is 5.67. The number of benzene rings is 5. The van der Waals surface area contributed by atoms with Crippen LogP contribution in [0.3, 0.4) is 0 Å². The molecule has 0 spiro atoms. The first-order valence-electron chi connectivity index (χ1n) is 11.9. The smallest absolute Gasteiger partial charge is 0.0991 e. The van der Waals surface area contributed by atoms with Gasteiger partial charge in [0.2, 0.25) is 0 Å². The summed E-state index contributed by atoms with van der Waals surface area (Å²) < 4.78 is 0. The van der Waals surface area contributed by atoms with Crippen molar-refractivity contribution in [3.8, 4) is 34.4 Å². The lowest BCUT2D eigenvalue weighted by Gasteiger charge is -2.07. The third kappa shape index (κ3) is 2.83. The second-order valence-corrected chi connectivity index (χ2v) is 9.16. The normalized spacial score (nSPS) is 12.3. The molecule has 36 heavy (non-hydrogen) atoms. The summed E-state index contributed by atoms with van der Waals surface area (Å²) >= 11 is 0. The quantitative estimate of drug-likeness (QED) is 0.327. The molecule has 0 amide bonds. The standard InChI is InChI=1S/C34H18N2/c35-19-21-9-13-23(14-10-21)33-27-7-3-1-5-25(27)29-17-32-30(18-31(29)33)26-6-2-4-8-28(26)34(32)24-15-11-22(20-36)12-16-24/h1-18H. The van der Waals surface area contributed by atoms with Crippen molar-refractivity contribution in [1.29, 1.82) is 10.5 Å². The van der Waals surface area contributed by atoms with Crippen molar-refractivity contribution in [2.75, 3.05) is 0 Å². The van der Waals surface area contributed by atoms with E-state index in [1.54, 1.807) is 0 Å². The molecule has 0 N–H and O–H groups in total. The van der Waals surface area contributed by atoms with Crippen LogP contribution in [0.4, 0.5) is 0 Å². The maximum atomic E-state index is 9.28. The monoisotopic (exact) mass is 454 g/mol. The van der Waals surface area contributed by atoms with E-state index in [1.807, 2.05) is 24.3 Å². The van der Waals surface area contributed by atoms with E-state index < -0.39 is 0 Å². The number of fused-ring (bicyclic) bond motifs is 6. The van der Waals surface area contributed by atoms with Crippen LogP contribution in [-0.2, 0) is 0 Å². The van der Waals surface area contributed by atoms with Gasteiger partial charge in [-0.25, -0.2) is 0 Å². The highest BCUT2D eigenvalue weighted by atomic mass is 14.3. The topological polar surface area (TPSA) is 47.6 Å². The molecule has 7 rings (SSSR count). The molecule has 0 fully saturated rings. The van der Waals surface area contributed by atoms with Gasteiger partial charge in [0.25, 0.3) is 0 Å². The highest BCUT2D eigenvalue weighted by molar-refractivity contribution is 6.00.